The first kappa shape index (κ1) is 16.0. The lowest BCUT2D eigenvalue weighted by molar-refractivity contribution is 0.102. The smallest absolute Gasteiger partial charge is 0.255 e. The topological polar surface area (TPSA) is 56.8 Å². The molecule has 116 valence electrons. The van der Waals surface area contributed by atoms with E-state index in [9.17, 15) is 4.79 Å². The van der Waals surface area contributed by atoms with E-state index in [-0.39, 0.29) is 5.91 Å². The third-order valence-electron chi connectivity index (χ3n) is 3.01. The van der Waals surface area contributed by atoms with Gasteiger partial charge >= 0.3 is 0 Å². The summed E-state index contributed by atoms with van der Waals surface area (Å²) in [6, 6.07) is 10.0. The van der Waals surface area contributed by atoms with Gasteiger partial charge in [-0.25, -0.2) is 0 Å². The van der Waals surface area contributed by atoms with Gasteiger partial charge in [-0.3, -0.25) is 4.79 Å². The van der Waals surface area contributed by atoms with Gasteiger partial charge in [0.15, 0.2) is 11.5 Å². The van der Waals surface area contributed by atoms with Crippen molar-refractivity contribution in [3.8, 4) is 17.2 Å². The van der Waals surface area contributed by atoms with Crippen LogP contribution in [0.25, 0.3) is 0 Å². The third-order valence-corrected chi connectivity index (χ3v) is 3.24. The monoisotopic (exact) mass is 321 g/mol. The quantitative estimate of drug-likeness (QED) is 0.914. The highest BCUT2D eigenvalue weighted by Gasteiger charge is 2.15. The highest BCUT2D eigenvalue weighted by molar-refractivity contribution is 6.31. The van der Waals surface area contributed by atoms with Crippen molar-refractivity contribution < 1.29 is 19.0 Å². The molecular formula is C16H16ClNO4. The number of halogens is 1. The van der Waals surface area contributed by atoms with Gasteiger partial charge in [0.2, 0.25) is 5.75 Å². The molecule has 0 heterocycles. The number of rotatable bonds is 5. The van der Waals surface area contributed by atoms with Crippen molar-refractivity contribution in [3.05, 3.63) is 47.0 Å². The van der Waals surface area contributed by atoms with Crippen LogP contribution in [0.15, 0.2) is 36.4 Å². The Kier molecular flexibility index (Phi) is 5.12. The largest absolute Gasteiger partial charge is 0.493 e. The SMILES string of the molecule is COc1cc(NC(=O)c2cccc(Cl)c2)cc(OC)c1OC. The summed E-state index contributed by atoms with van der Waals surface area (Å²) in [6.45, 7) is 0. The molecule has 2 aromatic carbocycles. The lowest BCUT2D eigenvalue weighted by atomic mass is 10.2. The maximum Gasteiger partial charge on any atom is 0.255 e. The summed E-state index contributed by atoms with van der Waals surface area (Å²) in [5.74, 6) is 1.11. The molecule has 2 aromatic rings. The van der Waals surface area contributed by atoms with Crippen LogP contribution in [0.2, 0.25) is 5.02 Å². The lowest BCUT2D eigenvalue weighted by Crippen LogP contribution is -2.12. The van der Waals surface area contributed by atoms with Crippen LogP contribution in [-0.2, 0) is 0 Å². The predicted octanol–water partition coefficient (Wildman–Crippen LogP) is 3.62. The van der Waals surface area contributed by atoms with E-state index >= 15 is 0 Å². The number of anilines is 1. The Labute approximate surface area is 133 Å². The molecule has 0 saturated heterocycles. The van der Waals surface area contributed by atoms with Crippen LogP contribution in [0.3, 0.4) is 0 Å². The second-order valence-electron chi connectivity index (χ2n) is 4.38. The van der Waals surface area contributed by atoms with Gasteiger partial charge in [-0.2, -0.15) is 0 Å². The zero-order chi connectivity index (χ0) is 16.1. The number of carbonyl (C=O) groups is 1. The van der Waals surface area contributed by atoms with Crippen molar-refractivity contribution >= 4 is 23.2 Å². The van der Waals surface area contributed by atoms with Gasteiger partial charge in [0.05, 0.1) is 21.3 Å². The van der Waals surface area contributed by atoms with Crippen LogP contribution in [0.5, 0.6) is 17.2 Å². The highest BCUT2D eigenvalue weighted by Crippen LogP contribution is 2.40. The molecule has 0 atom stereocenters. The Bertz CT molecular complexity index is 663. The third kappa shape index (κ3) is 3.43. The Morgan fingerprint density at radius 2 is 1.64 bits per heavy atom. The molecule has 6 heteroatoms. The molecule has 1 N–H and O–H groups in total. The number of amides is 1. The number of hydrogen-bond donors (Lipinski definition) is 1. The van der Waals surface area contributed by atoms with Gasteiger partial charge in [0.25, 0.3) is 5.91 Å². The molecule has 22 heavy (non-hydrogen) atoms. The van der Waals surface area contributed by atoms with Crippen molar-refractivity contribution in [1.29, 1.82) is 0 Å². The fourth-order valence-electron chi connectivity index (χ4n) is 1.99. The van der Waals surface area contributed by atoms with Crippen molar-refractivity contribution in [2.45, 2.75) is 0 Å². The predicted molar refractivity (Wildman–Crippen MR) is 85.5 cm³/mol. The minimum Gasteiger partial charge on any atom is -0.493 e. The summed E-state index contributed by atoms with van der Waals surface area (Å²) in [4.78, 5) is 12.2. The fraction of sp³-hybridized carbons (Fsp3) is 0.188. The molecule has 2 rings (SSSR count). The van der Waals surface area contributed by atoms with E-state index in [0.29, 0.717) is 33.5 Å². The summed E-state index contributed by atoms with van der Waals surface area (Å²) in [7, 11) is 4.55. The van der Waals surface area contributed by atoms with Gasteiger partial charge in [-0.1, -0.05) is 17.7 Å². The standard InChI is InChI=1S/C16H16ClNO4/c1-20-13-8-12(9-14(21-2)15(13)22-3)18-16(19)10-5-4-6-11(17)7-10/h4-9H,1-3H3,(H,18,19). The van der Waals surface area contributed by atoms with Crippen LogP contribution < -0.4 is 19.5 Å². The van der Waals surface area contributed by atoms with Crippen LogP contribution in [-0.4, -0.2) is 27.2 Å². The first-order valence-corrected chi connectivity index (χ1v) is 6.83. The van der Waals surface area contributed by atoms with Gasteiger partial charge in [-0.15, -0.1) is 0 Å². The molecule has 0 saturated carbocycles. The molecule has 0 bridgehead atoms. The molecule has 0 spiro atoms. The van der Waals surface area contributed by atoms with Crippen LogP contribution in [0.4, 0.5) is 5.69 Å². The average Bonchev–Trinajstić information content (AvgIpc) is 2.53. The summed E-state index contributed by atoms with van der Waals surface area (Å²) in [6.07, 6.45) is 0. The number of carbonyl (C=O) groups excluding carboxylic acids is 1. The van der Waals surface area contributed by atoms with E-state index in [2.05, 4.69) is 5.32 Å². The molecular weight excluding hydrogens is 306 g/mol. The minimum absolute atomic E-state index is 0.281. The van der Waals surface area contributed by atoms with E-state index in [4.69, 9.17) is 25.8 Å². The molecule has 0 radical (unpaired) electrons. The van der Waals surface area contributed by atoms with E-state index in [1.165, 1.54) is 21.3 Å². The second-order valence-corrected chi connectivity index (χ2v) is 4.81. The van der Waals surface area contributed by atoms with Gasteiger partial charge < -0.3 is 19.5 Å². The maximum absolute atomic E-state index is 12.2. The molecule has 0 fully saturated rings. The fourth-order valence-corrected chi connectivity index (χ4v) is 2.18. The van der Waals surface area contributed by atoms with Crippen molar-refractivity contribution in [3.63, 3.8) is 0 Å². The van der Waals surface area contributed by atoms with E-state index < -0.39 is 0 Å². The first-order valence-electron chi connectivity index (χ1n) is 6.46. The number of hydrogen-bond acceptors (Lipinski definition) is 4. The Balaban J connectivity index is 2.31. The molecule has 0 aliphatic rings. The second kappa shape index (κ2) is 7.04. The van der Waals surface area contributed by atoms with Crippen LogP contribution in [0, 0.1) is 0 Å². The maximum atomic E-state index is 12.2. The van der Waals surface area contributed by atoms with Crippen molar-refractivity contribution in [2.75, 3.05) is 26.6 Å². The Morgan fingerprint density at radius 3 is 2.14 bits per heavy atom. The number of methoxy groups -OCH3 is 3. The van der Waals surface area contributed by atoms with Crippen LogP contribution >= 0.6 is 11.6 Å². The number of benzene rings is 2. The summed E-state index contributed by atoms with van der Waals surface area (Å²) < 4.78 is 15.7. The normalized spacial score (nSPS) is 10.0. The molecule has 0 unspecified atom stereocenters. The number of ether oxygens (including phenoxy) is 3. The van der Waals surface area contributed by atoms with Crippen molar-refractivity contribution in [1.82, 2.24) is 0 Å². The summed E-state index contributed by atoms with van der Waals surface area (Å²) >= 11 is 5.89. The van der Waals surface area contributed by atoms with Crippen LogP contribution in [0.1, 0.15) is 10.4 Å². The highest BCUT2D eigenvalue weighted by atomic mass is 35.5. The molecule has 0 aromatic heterocycles. The Morgan fingerprint density at radius 1 is 1.00 bits per heavy atom. The van der Waals surface area contributed by atoms with Gasteiger partial charge in [0, 0.05) is 28.4 Å². The van der Waals surface area contributed by atoms with E-state index in [1.54, 1.807) is 36.4 Å². The zero-order valence-electron chi connectivity index (χ0n) is 12.5. The summed E-state index contributed by atoms with van der Waals surface area (Å²) in [5, 5.41) is 3.27. The van der Waals surface area contributed by atoms with Crippen molar-refractivity contribution in [2.24, 2.45) is 0 Å². The van der Waals surface area contributed by atoms with E-state index in [1.807, 2.05) is 0 Å². The molecule has 5 nitrogen and oxygen atoms in total. The molecule has 0 aliphatic carbocycles. The molecule has 1 amide bonds. The number of nitrogens with one attached hydrogen (secondary N) is 1. The lowest BCUT2D eigenvalue weighted by Gasteiger charge is -2.14. The first-order chi connectivity index (χ1) is 10.6. The van der Waals surface area contributed by atoms with Gasteiger partial charge in [-0.05, 0) is 18.2 Å². The minimum atomic E-state index is -0.281. The summed E-state index contributed by atoms with van der Waals surface area (Å²) in [5.41, 5.74) is 0.987. The average molecular weight is 322 g/mol. The van der Waals surface area contributed by atoms with E-state index in [0.717, 1.165) is 0 Å². The Hall–Kier alpha value is -2.40. The van der Waals surface area contributed by atoms with Gasteiger partial charge in [0.1, 0.15) is 0 Å². The zero-order valence-corrected chi connectivity index (χ0v) is 13.2. The molecule has 0 aliphatic heterocycles.